The molecule has 1 heteroatoms. The zero-order valence-electron chi connectivity index (χ0n) is 9.73. The summed E-state index contributed by atoms with van der Waals surface area (Å²) in [4.78, 5) is 0. The molecule has 0 amide bonds. The SMILES string of the molecule is [BH3-][C+]1CCC2C(CCC23CCC(=C)CC3)C1. The van der Waals surface area contributed by atoms with Gasteiger partial charge < -0.3 is 0 Å². The highest BCUT2D eigenvalue weighted by Crippen LogP contribution is 2.60. The van der Waals surface area contributed by atoms with Crippen LogP contribution in [-0.2, 0) is 0 Å². The lowest BCUT2D eigenvalue weighted by molar-refractivity contribution is 0.104. The predicted octanol–water partition coefficient (Wildman–Crippen LogP) is 3.21. The van der Waals surface area contributed by atoms with E-state index in [2.05, 4.69) is 6.58 Å². The molecule has 0 saturated heterocycles. The van der Waals surface area contributed by atoms with Gasteiger partial charge in [-0.15, -0.1) is 5.82 Å². The molecule has 0 aliphatic heterocycles. The van der Waals surface area contributed by atoms with E-state index in [1.165, 1.54) is 37.7 Å². The number of allylic oxidation sites excluding steroid dienone is 1. The van der Waals surface area contributed by atoms with Gasteiger partial charge in [0, 0.05) is 12.8 Å². The summed E-state index contributed by atoms with van der Waals surface area (Å²) < 4.78 is 0. The molecule has 0 aromatic carbocycles. The van der Waals surface area contributed by atoms with Crippen LogP contribution in [0.2, 0.25) is 0 Å². The van der Waals surface area contributed by atoms with Crippen LogP contribution < -0.4 is 0 Å². The number of hydrogen-bond acceptors (Lipinski definition) is 0. The van der Waals surface area contributed by atoms with Crippen molar-refractivity contribution in [2.24, 2.45) is 17.3 Å². The summed E-state index contributed by atoms with van der Waals surface area (Å²) in [7, 11) is 0.552. The van der Waals surface area contributed by atoms with Crippen molar-refractivity contribution in [2.45, 2.75) is 57.8 Å². The number of rotatable bonds is 0. The van der Waals surface area contributed by atoms with E-state index in [9.17, 15) is 0 Å². The van der Waals surface area contributed by atoms with Crippen LogP contribution in [0, 0.1) is 23.1 Å². The minimum atomic E-state index is 0.552. The van der Waals surface area contributed by atoms with Crippen LogP contribution in [0.4, 0.5) is 0 Å². The number of hydrogen-bond donors (Lipinski definition) is 0. The molecule has 0 aromatic rings. The minimum Gasteiger partial charge on any atom is -0.115 e. The third-order valence-corrected chi connectivity index (χ3v) is 5.36. The van der Waals surface area contributed by atoms with Crippen molar-refractivity contribution in [3.8, 4) is 0 Å². The summed E-state index contributed by atoms with van der Waals surface area (Å²) >= 11 is 0. The van der Waals surface area contributed by atoms with E-state index >= 15 is 0 Å². The monoisotopic (exact) mass is 216 g/mol. The van der Waals surface area contributed by atoms with Crippen LogP contribution in [0.15, 0.2) is 12.2 Å². The standard InChI is InChI=1S/C15H25B/c1-11-4-7-15(8-5-11)9-6-12-10-13(16)2-3-14(12)15/h12,14H,1-10H2,16H3. The van der Waals surface area contributed by atoms with Crippen LogP contribution in [-0.4, -0.2) is 7.85 Å². The lowest BCUT2D eigenvalue weighted by atomic mass is 9.59. The van der Waals surface area contributed by atoms with Crippen LogP contribution in [0.1, 0.15) is 57.8 Å². The molecule has 0 N–H and O–H groups in total. The van der Waals surface area contributed by atoms with Gasteiger partial charge in [0.1, 0.15) is 0 Å². The highest BCUT2D eigenvalue weighted by molar-refractivity contribution is 6.18. The summed E-state index contributed by atoms with van der Waals surface area (Å²) in [6.45, 7) is 4.19. The molecule has 1 spiro atoms. The summed E-state index contributed by atoms with van der Waals surface area (Å²) in [5.41, 5.74) is 2.32. The molecule has 3 rings (SSSR count). The summed E-state index contributed by atoms with van der Waals surface area (Å²) in [6.07, 6.45) is 13.4. The summed E-state index contributed by atoms with van der Waals surface area (Å²) in [5, 5.41) is 0. The van der Waals surface area contributed by atoms with Crippen molar-refractivity contribution in [2.75, 3.05) is 0 Å². The fourth-order valence-corrected chi connectivity index (χ4v) is 4.41. The molecule has 88 valence electrons. The highest BCUT2D eigenvalue weighted by atomic mass is 14.5. The molecule has 0 radical (unpaired) electrons. The van der Waals surface area contributed by atoms with Crippen molar-refractivity contribution < 1.29 is 0 Å². The maximum atomic E-state index is 4.19. The van der Waals surface area contributed by atoms with E-state index in [0.29, 0.717) is 7.85 Å². The first kappa shape index (κ1) is 10.8. The zero-order chi connectivity index (χ0) is 11.2. The molecule has 3 aliphatic carbocycles. The number of fused-ring (bicyclic) bond motifs is 2. The van der Waals surface area contributed by atoms with Gasteiger partial charge in [-0.1, -0.05) is 12.2 Å². The minimum absolute atomic E-state index is 0.552. The lowest BCUT2D eigenvalue weighted by Crippen LogP contribution is -2.34. The van der Waals surface area contributed by atoms with Gasteiger partial charge in [0.15, 0.2) is 7.85 Å². The average Bonchev–Trinajstić information content (AvgIpc) is 2.62. The smallest absolute Gasteiger partial charge is 0.115 e. The second-order valence-corrected chi connectivity index (χ2v) is 6.01. The Bertz CT molecular complexity index is 284. The Morgan fingerprint density at radius 2 is 1.94 bits per heavy atom. The van der Waals surface area contributed by atoms with Gasteiger partial charge in [0.05, 0.1) is 0 Å². The average molecular weight is 216 g/mol. The van der Waals surface area contributed by atoms with Crippen molar-refractivity contribution in [3.63, 3.8) is 0 Å². The van der Waals surface area contributed by atoms with Gasteiger partial charge >= 0.3 is 0 Å². The Morgan fingerprint density at radius 1 is 1.19 bits per heavy atom. The van der Waals surface area contributed by atoms with Gasteiger partial charge in [0.2, 0.25) is 0 Å². The Hall–Kier alpha value is -0.325. The van der Waals surface area contributed by atoms with E-state index < -0.39 is 0 Å². The Balaban J connectivity index is 1.75. The third kappa shape index (κ3) is 1.63. The third-order valence-electron chi connectivity index (χ3n) is 5.36. The maximum Gasteiger partial charge on any atom is 0.158 e. The Labute approximate surface area is 101 Å². The van der Waals surface area contributed by atoms with Gasteiger partial charge in [-0.25, -0.2) is 0 Å². The zero-order valence-corrected chi connectivity index (χ0v) is 9.73. The van der Waals surface area contributed by atoms with Crippen molar-refractivity contribution in [3.05, 3.63) is 18.0 Å². The maximum absolute atomic E-state index is 4.19. The fourth-order valence-electron chi connectivity index (χ4n) is 4.41. The normalized spacial score (nSPS) is 37.8. The van der Waals surface area contributed by atoms with E-state index in [1.807, 2.05) is 5.82 Å². The van der Waals surface area contributed by atoms with E-state index in [0.717, 1.165) is 17.3 Å². The van der Waals surface area contributed by atoms with E-state index in [1.54, 1.807) is 25.7 Å². The molecule has 0 nitrogen and oxygen atoms in total. The summed E-state index contributed by atoms with van der Waals surface area (Å²) in [6, 6.07) is 0. The summed E-state index contributed by atoms with van der Waals surface area (Å²) in [5.74, 6) is 4.26. The quantitative estimate of drug-likeness (QED) is 0.331. The highest BCUT2D eigenvalue weighted by Gasteiger charge is 2.51. The van der Waals surface area contributed by atoms with Gasteiger partial charge in [0.25, 0.3) is 0 Å². The van der Waals surface area contributed by atoms with Crippen LogP contribution >= 0.6 is 0 Å². The van der Waals surface area contributed by atoms with E-state index in [4.69, 9.17) is 0 Å². The van der Waals surface area contributed by atoms with Crippen LogP contribution in [0.3, 0.4) is 0 Å². The molecule has 3 fully saturated rings. The van der Waals surface area contributed by atoms with Crippen LogP contribution in [0.5, 0.6) is 0 Å². The Morgan fingerprint density at radius 3 is 2.69 bits per heavy atom. The molecule has 3 aliphatic rings. The molecular weight excluding hydrogens is 191 g/mol. The molecule has 3 saturated carbocycles. The molecule has 16 heavy (non-hydrogen) atoms. The van der Waals surface area contributed by atoms with Crippen molar-refractivity contribution >= 4 is 7.85 Å². The first-order valence-corrected chi connectivity index (χ1v) is 6.68. The van der Waals surface area contributed by atoms with Gasteiger partial charge in [-0.2, -0.15) is 0 Å². The first-order valence-electron chi connectivity index (χ1n) is 6.68. The fraction of sp³-hybridized carbons (Fsp3) is 0.800. The molecule has 0 heterocycles. The van der Waals surface area contributed by atoms with E-state index in [-0.39, 0.29) is 0 Å². The second-order valence-electron chi connectivity index (χ2n) is 6.01. The molecule has 0 bridgehead atoms. The topological polar surface area (TPSA) is 0 Å². The van der Waals surface area contributed by atoms with Gasteiger partial charge in [-0.3, -0.25) is 0 Å². The van der Waals surface area contributed by atoms with Crippen molar-refractivity contribution in [1.29, 1.82) is 0 Å². The van der Waals surface area contributed by atoms with Crippen molar-refractivity contribution in [1.82, 2.24) is 0 Å². The lowest BCUT2D eigenvalue weighted by Gasteiger charge is -2.43. The Kier molecular flexibility index (Phi) is 2.60. The van der Waals surface area contributed by atoms with Gasteiger partial charge in [-0.05, 0) is 62.2 Å². The predicted molar refractivity (Wildman–Crippen MR) is 73.3 cm³/mol. The largest absolute Gasteiger partial charge is 0.158 e. The molecule has 0 aromatic heterocycles. The first-order chi connectivity index (χ1) is 7.70. The van der Waals surface area contributed by atoms with Crippen LogP contribution in [0.25, 0.3) is 0 Å². The molecule has 2 unspecified atom stereocenters. The molecular formula is C15H25B. The second kappa shape index (κ2) is 3.86. The molecule has 2 atom stereocenters.